The van der Waals surface area contributed by atoms with Gasteiger partial charge in [0.15, 0.2) is 0 Å². The van der Waals surface area contributed by atoms with Crippen molar-refractivity contribution in [3.8, 4) is 0 Å². The van der Waals surface area contributed by atoms with Crippen molar-refractivity contribution >= 4 is 0 Å². The second-order valence-corrected chi connectivity index (χ2v) is 1.07. The van der Waals surface area contributed by atoms with Gasteiger partial charge in [0.05, 0.1) is 6.17 Å². The Kier molecular flexibility index (Phi) is 11.5. The second-order valence-electron chi connectivity index (χ2n) is 1.07. The summed E-state index contributed by atoms with van der Waals surface area (Å²) in [7, 11) is 0. The zero-order valence-corrected chi connectivity index (χ0v) is 7.56. The molecule has 0 atom stereocenters. The first kappa shape index (κ1) is 10.5. The predicted molar refractivity (Wildman–Crippen MR) is 22.5 cm³/mol. The molecular formula is C3H10KN2+. The molecule has 3 heteroatoms. The topological polar surface area (TPSA) is 52.0 Å². The van der Waals surface area contributed by atoms with Crippen molar-refractivity contribution in [2.75, 3.05) is 0 Å². The maximum Gasteiger partial charge on any atom is 1.00 e. The maximum absolute atomic E-state index is 5.07. The first-order valence-corrected chi connectivity index (χ1v) is 1.78. The molecule has 0 spiro atoms. The summed E-state index contributed by atoms with van der Waals surface area (Å²) in [5.74, 6) is 0. The first-order chi connectivity index (χ1) is 2.27. The first-order valence-electron chi connectivity index (χ1n) is 1.78. The van der Waals surface area contributed by atoms with Gasteiger partial charge in [-0.05, 0) is 6.42 Å². The van der Waals surface area contributed by atoms with Gasteiger partial charge >= 0.3 is 51.4 Å². The minimum absolute atomic E-state index is 0. The Hall–Kier alpha value is 1.56. The van der Waals surface area contributed by atoms with Gasteiger partial charge in [0.25, 0.3) is 0 Å². The summed E-state index contributed by atoms with van der Waals surface area (Å²) in [6, 6.07) is 0. The van der Waals surface area contributed by atoms with Crippen LogP contribution in [0.3, 0.4) is 0 Å². The fourth-order valence-corrected chi connectivity index (χ4v) is 0. The normalized spacial score (nSPS) is 8.00. The van der Waals surface area contributed by atoms with Crippen LogP contribution in [0.15, 0.2) is 0 Å². The number of hydrogen-bond donors (Lipinski definition) is 2. The average Bonchev–Trinajstić information content (AvgIpc) is 1.38. The molecule has 0 aromatic heterocycles. The van der Waals surface area contributed by atoms with E-state index in [1.807, 2.05) is 6.92 Å². The minimum Gasteiger partial charge on any atom is -0.316 e. The summed E-state index contributed by atoms with van der Waals surface area (Å²) >= 11 is 0. The van der Waals surface area contributed by atoms with E-state index in [1.165, 1.54) is 0 Å². The Morgan fingerprint density at radius 3 is 1.67 bits per heavy atom. The molecule has 6 heavy (non-hydrogen) atoms. The number of rotatable bonds is 1. The third-order valence-electron chi connectivity index (χ3n) is 0.471. The Morgan fingerprint density at radius 1 is 1.50 bits per heavy atom. The van der Waals surface area contributed by atoms with Crippen LogP contribution >= 0.6 is 0 Å². The number of nitrogens with two attached hydrogens (primary N) is 2. The standard InChI is InChI=1S/C3H10N2.K/c1-2-3(4)5;/h3H,2,4-5H2,1H3;/q;+1. The molecule has 0 unspecified atom stereocenters. The molecule has 0 heterocycles. The smallest absolute Gasteiger partial charge is 0.316 e. The fraction of sp³-hybridized carbons (Fsp3) is 1.00. The van der Waals surface area contributed by atoms with Crippen molar-refractivity contribution in [1.29, 1.82) is 0 Å². The van der Waals surface area contributed by atoms with Crippen molar-refractivity contribution < 1.29 is 51.4 Å². The van der Waals surface area contributed by atoms with Crippen LogP contribution in [0.4, 0.5) is 0 Å². The number of hydrogen-bond acceptors (Lipinski definition) is 2. The van der Waals surface area contributed by atoms with Crippen molar-refractivity contribution in [3.63, 3.8) is 0 Å². The summed E-state index contributed by atoms with van der Waals surface area (Å²) in [5, 5.41) is 0. The largest absolute Gasteiger partial charge is 1.00 e. The van der Waals surface area contributed by atoms with Gasteiger partial charge in [0, 0.05) is 0 Å². The Bertz CT molecular complexity index is 22.8. The van der Waals surface area contributed by atoms with Gasteiger partial charge in [-0.3, -0.25) is 0 Å². The summed E-state index contributed by atoms with van der Waals surface area (Å²) in [6.45, 7) is 1.95. The molecule has 0 fully saturated rings. The molecular weight excluding hydrogens is 103 g/mol. The van der Waals surface area contributed by atoms with Crippen molar-refractivity contribution in [2.24, 2.45) is 11.5 Å². The Balaban J connectivity index is 0. The third kappa shape index (κ3) is 9.12. The molecule has 0 bridgehead atoms. The van der Waals surface area contributed by atoms with Crippen LogP contribution in [0.5, 0.6) is 0 Å². The summed E-state index contributed by atoms with van der Waals surface area (Å²) in [4.78, 5) is 0. The Morgan fingerprint density at radius 2 is 1.67 bits per heavy atom. The van der Waals surface area contributed by atoms with Gasteiger partial charge in [-0.2, -0.15) is 0 Å². The molecule has 0 aromatic carbocycles. The van der Waals surface area contributed by atoms with Crippen LogP contribution in [0.2, 0.25) is 0 Å². The van der Waals surface area contributed by atoms with Crippen LogP contribution in [0, 0.1) is 0 Å². The Labute approximate surface area is 81.1 Å². The van der Waals surface area contributed by atoms with Gasteiger partial charge in [-0.1, -0.05) is 6.92 Å². The van der Waals surface area contributed by atoms with Crippen LogP contribution in [-0.4, -0.2) is 6.17 Å². The van der Waals surface area contributed by atoms with E-state index in [4.69, 9.17) is 11.5 Å². The molecule has 32 valence electrons. The van der Waals surface area contributed by atoms with E-state index in [0.717, 1.165) is 6.42 Å². The summed E-state index contributed by atoms with van der Waals surface area (Å²) in [6.07, 6.45) is 0.745. The molecule has 0 radical (unpaired) electrons. The van der Waals surface area contributed by atoms with E-state index in [-0.39, 0.29) is 57.6 Å². The summed E-state index contributed by atoms with van der Waals surface area (Å²) < 4.78 is 0. The molecule has 4 N–H and O–H groups in total. The van der Waals surface area contributed by atoms with Crippen molar-refractivity contribution in [2.45, 2.75) is 19.5 Å². The van der Waals surface area contributed by atoms with Crippen molar-refractivity contribution in [1.82, 2.24) is 0 Å². The third-order valence-corrected chi connectivity index (χ3v) is 0.471. The molecule has 0 amide bonds. The predicted octanol–water partition coefficient (Wildman–Crippen LogP) is -3.36. The average molecular weight is 113 g/mol. The van der Waals surface area contributed by atoms with Gasteiger partial charge in [0.2, 0.25) is 0 Å². The van der Waals surface area contributed by atoms with E-state index in [2.05, 4.69) is 0 Å². The molecule has 0 aliphatic carbocycles. The SMILES string of the molecule is CCC(N)N.[K+]. The molecule has 0 rings (SSSR count). The van der Waals surface area contributed by atoms with E-state index < -0.39 is 0 Å². The summed E-state index contributed by atoms with van der Waals surface area (Å²) in [5.41, 5.74) is 10.1. The molecule has 0 saturated heterocycles. The molecule has 0 aliphatic rings. The maximum atomic E-state index is 5.07. The zero-order valence-electron chi connectivity index (χ0n) is 4.44. The van der Waals surface area contributed by atoms with Gasteiger partial charge in [-0.25, -0.2) is 0 Å². The van der Waals surface area contributed by atoms with Crippen LogP contribution in [0.1, 0.15) is 13.3 Å². The quantitative estimate of drug-likeness (QED) is 0.276. The van der Waals surface area contributed by atoms with E-state index >= 15 is 0 Å². The molecule has 0 aliphatic heterocycles. The monoisotopic (exact) mass is 113 g/mol. The molecule has 2 nitrogen and oxygen atoms in total. The van der Waals surface area contributed by atoms with E-state index in [1.54, 1.807) is 0 Å². The van der Waals surface area contributed by atoms with Crippen molar-refractivity contribution in [3.05, 3.63) is 0 Å². The van der Waals surface area contributed by atoms with E-state index in [0.29, 0.717) is 0 Å². The van der Waals surface area contributed by atoms with Gasteiger partial charge < -0.3 is 11.5 Å². The minimum atomic E-state index is -0.116. The van der Waals surface area contributed by atoms with Crippen LogP contribution in [-0.2, 0) is 0 Å². The van der Waals surface area contributed by atoms with E-state index in [9.17, 15) is 0 Å². The fourth-order valence-electron chi connectivity index (χ4n) is 0. The van der Waals surface area contributed by atoms with Gasteiger partial charge in [0.1, 0.15) is 0 Å². The van der Waals surface area contributed by atoms with Gasteiger partial charge in [-0.15, -0.1) is 0 Å². The molecule has 0 saturated carbocycles. The van der Waals surface area contributed by atoms with Crippen LogP contribution in [0.25, 0.3) is 0 Å². The zero-order chi connectivity index (χ0) is 4.28. The van der Waals surface area contributed by atoms with Crippen LogP contribution < -0.4 is 62.9 Å². The molecule has 0 aromatic rings. The second kappa shape index (κ2) is 6.56.